The highest BCUT2D eigenvalue weighted by atomic mass is 19.4. The minimum Gasteiger partial charge on any atom is -0.491 e. The maximum atomic E-state index is 13.1. The van der Waals surface area contributed by atoms with Gasteiger partial charge in [0.2, 0.25) is 5.82 Å². The Kier molecular flexibility index (Phi) is 3.30. The van der Waals surface area contributed by atoms with Crippen molar-refractivity contribution >= 4 is 16.7 Å². The summed E-state index contributed by atoms with van der Waals surface area (Å²) in [5, 5.41) is 3.61. The molecule has 3 aromatic rings. The lowest BCUT2D eigenvalue weighted by atomic mass is 10.1. The molecule has 1 N–H and O–H groups in total. The van der Waals surface area contributed by atoms with Crippen LogP contribution >= 0.6 is 0 Å². The van der Waals surface area contributed by atoms with Gasteiger partial charge in [0.25, 0.3) is 0 Å². The Morgan fingerprint density at radius 1 is 1.00 bits per heavy atom. The monoisotopic (exact) mass is 331 g/mol. The minimum absolute atomic E-state index is 0.151. The van der Waals surface area contributed by atoms with Crippen molar-refractivity contribution in [3.8, 4) is 5.75 Å². The zero-order valence-corrected chi connectivity index (χ0v) is 12.3. The third-order valence-corrected chi connectivity index (χ3v) is 3.87. The van der Waals surface area contributed by atoms with Gasteiger partial charge in [-0.3, -0.25) is 0 Å². The number of hydrogen-bond acceptors (Lipinski definition) is 4. The zero-order valence-electron chi connectivity index (χ0n) is 12.3. The summed E-state index contributed by atoms with van der Waals surface area (Å²) in [6.07, 6.45) is -4.61. The minimum atomic E-state index is -4.61. The molecular weight excluding hydrogens is 319 g/mol. The van der Waals surface area contributed by atoms with Gasteiger partial charge in [0.1, 0.15) is 18.2 Å². The van der Waals surface area contributed by atoms with Crippen LogP contribution in [0, 0.1) is 0 Å². The average molecular weight is 331 g/mol. The van der Waals surface area contributed by atoms with Gasteiger partial charge in [0.05, 0.1) is 11.6 Å². The first-order valence-corrected chi connectivity index (χ1v) is 7.34. The van der Waals surface area contributed by atoms with Crippen molar-refractivity contribution in [1.29, 1.82) is 0 Å². The molecule has 7 heteroatoms. The van der Waals surface area contributed by atoms with E-state index in [-0.39, 0.29) is 17.4 Å². The fourth-order valence-corrected chi connectivity index (χ4v) is 2.76. The third kappa shape index (κ3) is 2.51. The highest BCUT2D eigenvalue weighted by Crippen LogP contribution is 2.36. The molecule has 1 atom stereocenters. The molecule has 0 saturated carbocycles. The van der Waals surface area contributed by atoms with E-state index in [2.05, 4.69) is 15.3 Å². The molecule has 4 nitrogen and oxygen atoms in total. The molecule has 1 aliphatic heterocycles. The van der Waals surface area contributed by atoms with Crippen LogP contribution in [-0.4, -0.2) is 16.6 Å². The molecule has 0 spiro atoms. The Morgan fingerprint density at radius 3 is 2.58 bits per heavy atom. The number of hydrogen-bond donors (Lipinski definition) is 1. The Bertz CT molecular complexity index is 911. The second-order valence-electron chi connectivity index (χ2n) is 5.46. The van der Waals surface area contributed by atoms with Gasteiger partial charge in [-0.25, -0.2) is 9.97 Å². The lowest BCUT2D eigenvalue weighted by Gasteiger charge is -2.16. The number of halogens is 3. The van der Waals surface area contributed by atoms with Gasteiger partial charge >= 0.3 is 6.18 Å². The second kappa shape index (κ2) is 5.36. The Balaban J connectivity index is 1.79. The van der Waals surface area contributed by atoms with E-state index in [1.165, 1.54) is 6.07 Å². The number of nitrogens with one attached hydrogen (secondary N) is 1. The predicted octanol–water partition coefficient (Wildman–Crippen LogP) is 4.19. The van der Waals surface area contributed by atoms with Gasteiger partial charge in [-0.15, -0.1) is 0 Å². The number of benzene rings is 2. The molecular formula is C17H12F3N3O. The lowest BCUT2D eigenvalue weighted by Crippen LogP contribution is -2.17. The van der Waals surface area contributed by atoms with Crippen molar-refractivity contribution in [2.45, 2.75) is 12.2 Å². The summed E-state index contributed by atoms with van der Waals surface area (Å²) < 4.78 is 44.8. The van der Waals surface area contributed by atoms with Crippen LogP contribution in [0.3, 0.4) is 0 Å². The molecule has 0 amide bonds. The molecule has 0 saturated heterocycles. The van der Waals surface area contributed by atoms with Crippen molar-refractivity contribution in [2.75, 3.05) is 11.9 Å². The van der Waals surface area contributed by atoms with E-state index < -0.39 is 12.0 Å². The molecule has 24 heavy (non-hydrogen) atoms. The summed E-state index contributed by atoms with van der Waals surface area (Å²) in [7, 11) is 0. The Labute approximate surface area is 135 Å². The average Bonchev–Trinajstić information content (AvgIpc) is 2.97. The third-order valence-electron chi connectivity index (χ3n) is 3.87. The molecule has 0 bridgehead atoms. The number of fused-ring (bicyclic) bond motifs is 2. The summed E-state index contributed by atoms with van der Waals surface area (Å²) in [4.78, 5) is 7.32. The van der Waals surface area contributed by atoms with Crippen LogP contribution in [0.25, 0.3) is 10.9 Å². The van der Waals surface area contributed by atoms with Crippen LogP contribution in [0.2, 0.25) is 0 Å². The first-order valence-electron chi connectivity index (χ1n) is 7.34. The molecule has 0 aliphatic carbocycles. The fourth-order valence-electron chi connectivity index (χ4n) is 2.76. The topological polar surface area (TPSA) is 47.0 Å². The van der Waals surface area contributed by atoms with E-state index in [1.807, 2.05) is 24.3 Å². The quantitative estimate of drug-likeness (QED) is 0.765. The Hall–Kier alpha value is -2.83. The smallest absolute Gasteiger partial charge is 0.451 e. The van der Waals surface area contributed by atoms with Gasteiger partial charge < -0.3 is 10.1 Å². The SMILES string of the molecule is FC(F)(F)c1nc(N[C@H]2COc3ccccc32)c2ccccc2n1. The number of anilines is 1. The summed E-state index contributed by atoms with van der Waals surface area (Å²) in [6, 6.07) is 13.8. The van der Waals surface area contributed by atoms with E-state index in [0.717, 1.165) is 11.3 Å². The van der Waals surface area contributed by atoms with Crippen molar-refractivity contribution in [1.82, 2.24) is 9.97 Å². The van der Waals surface area contributed by atoms with Crippen LogP contribution in [0.4, 0.5) is 19.0 Å². The van der Waals surface area contributed by atoms with Crippen molar-refractivity contribution in [3.63, 3.8) is 0 Å². The van der Waals surface area contributed by atoms with Crippen molar-refractivity contribution in [3.05, 3.63) is 59.9 Å². The number of aromatic nitrogens is 2. The van der Waals surface area contributed by atoms with Crippen LogP contribution in [0.15, 0.2) is 48.5 Å². The molecule has 0 fully saturated rings. The van der Waals surface area contributed by atoms with E-state index >= 15 is 0 Å². The van der Waals surface area contributed by atoms with Gasteiger partial charge in [0.15, 0.2) is 0 Å². The normalized spacial score (nSPS) is 16.7. The van der Waals surface area contributed by atoms with Crippen molar-refractivity contribution < 1.29 is 17.9 Å². The lowest BCUT2D eigenvalue weighted by molar-refractivity contribution is -0.144. The van der Waals surface area contributed by atoms with E-state index in [0.29, 0.717) is 12.0 Å². The predicted molar refractivity (Wildman–Crippen MR) is 82.8 cm³/mol. The maximum Gasteiger partial charge on any atom is 0.451 e. The molecule has 122 valence electrons. The maximum absolute atomic E-state index is 13.1. The summed E-state index contributed by atoms with van der Waals surface area (Å²) in [5.74, 6) is -0.279. The Morgan fingerprint density at radius 2 is 1.75 bits per heavy atom. The van der Waals surface area contributed by atoms with Crippen LogP contribution in [0.1, 0.15) is 17.4 Å². The van der Waals surface area contributed by atoms with Gasteiger partial charge in [-0.2, -0.15) is 13.2 Å². The van der Waals surface area contributed by atoms with Gasteiger partial charge in [-0.1, -0.05) is 30.3 Å². The van der Waals surface area contributed by atoms with Gasteiger partial charge in [-0.05, 0) is 18.2 Å². The standard InChI is InChI=1S/C17H12F3N3O/c18-17(19,20)16-22-12-7-3-1-6-11(12)15(23-16)21-13-9-24-14-8-4-2-5-10(13)14/h1-8,13H,9H2,(H,21,22,23)/t13-/m0/s1. The van der Waals surface area contributed by atoms with Crippen LogP contribution in [0.5, 0.6) is 5.75 Å². The largest absolute Gasteiger partial charge is 0.491 e. The summed E-state index contributed by atoms with van der Waals surface area (Å²) in [6.45, 7) is 0.332. The molecule has 1 aliphatic rings. The summed E-state index contributed by atoms with van der Waals surface area (Å²) in [5.41, 5.74) is 1.14. The van der Waals surface area contributed by atoms with Gasteiger partial charge in [0, 0.05) is 10.9 Å². The zero-order chi connectivity index (χ0) is 16.7. The number of para-hydroxylation sites is 2. The first-order chi connectivity index (χ1) is 11.5. The molecule has 0 radical (unpaired) electrons. The molecule has 2 aromatic carbocycles. The highest BCUT2D eigenvalue weighted by Gasteiger charge is 2.36. The highest BCUT2D eigenvalue weighted by molar-refractivity contribution is 5.89. The van der Waals surface area contributed by atoms with E-state index in [1.54, 1.807) is 18.2 Å². The number of alkyl halides is 3. The molecule has 1 aromatic heterocycles. The summed E-state index contributed by atoms with van der Waals surface area (Å²) >= 11 is 0. The number of ether oxygens (including phenoxy) is 1. The fraction of sp³-hybridized carbons (Fsp3) is 0.176. The number of nitrogens with zero attached hydrogens (tertiary/aromatic N) is 2. The van der Waals surface area contributed by atoms with E-state index in [9.17, 15) is 13.2 Å². The second-order valence-corrected chi connectivity index (χ2v) is 5.46. The first kappa shape index (κ1) is 14.7. The van der Waals surface area contributed by atoms with Crippen LogP contribution < -0.4 is 10.1 Å². The van der Waals surface area contributed by atoms with Crippen molar-refractivity contribution in [2.24, 2.45) is 0 Å². The molecule has 0 unspecified atom stereocenters. The van der Waals surface area contributed by atoms with E-state index in [4.69, 9.17) is 4.74 Å². The number of rotatable bonds is 2. The molecule has 2 heterocycles. The van der Waals surface area contributed by atoms with Crippen LogP contribution in [-0.2, 0) is 6.18 Å². The molecule has 4 rings (SSSR count).